The smallest absolute Gasteiger partial charge is 0.338 e. The molecule has 3 aromatic carbocycles. The third-order valence-electron chi connectivity index (χ3n) is 4.44. The van der Waals surface area contributed by atoms with Gasteiger partial charge in [0.05, 0.1) is 16.8 Å². The number of benzene rings is 3. The van der Waals surface area contributed by atoms with E-state index in [9.17, 15) is 19.5 Å². The summed E-state index contributed by atoms with van der Waals surface area (Å²) >= 11 is 0. The van der Waals surface area contributed by atoms with Crippen LogP contribution in [-0.4, -0.2) is 29.5 Å². The number of hydrogen-bond acceptors (Lipinski definition) is 5. The Bertz CT molecular complexity index is 1090. The van der Waals surface area contributed by atoms with Crippen LogP contribution >= 0.6 is 0 Å². The lowest BCUT2D eigenvalue weighted by molar-refractivity contribution is -0.119. The summed E-state index contributed by atoms with van der Waals surface area (Å²) in [6.07, 6.45) is 0. The molecule has 0 bridgehead atoms. The lowest BCUT2D eigenvalue weighted by atomic mass is 10.1. The Morgan fingerprint density at radius 2 is 1.68 bits per heavy atom. The molecular formula is C24H22N2O5. The van der Waals surface area contributed by atoms with Crippen LogP contribution in [0.15, 0.2) is 72.8 Å². The molecule has 3 rings (SSSR count). The molecule has 0 spiro atoms. The van der Waals surface area contributed by atoms with Gasteiger partial charge < -0.3 is 20.5 Å². The summed E-state index contributed by atoms with van der Waals surface area (Å²) in [5.41, 5.74) is 2.82. The summed E-state index contributed by atoms with van der Waals surface area (Å²) in [6.45, 7) is 1.80. The SMILES string of the molecule is Cc1ccc(CNC(=O)c2ccccc2NC(=O)COC(=O)c2cccc(O)c2)cc1. The van der Waals surface area contributed by atoms with E-state index < -0.39 is 18.5 Å². The number of para-hydroxylation sites is 1. The van der Waals surface area contributed by atoms with Gasteiger partial charge in [0.2, 0.25) is 0 Å². The fourth-order valence-corrected chi connectivity index (χ4v) is 2.81. The van der Waals surface area contributed by atoms with Crippen LogP contribution in [0.1, 0.15) is 31.8 Å². The van der Waals surface area contributed by atoms with E-state index in [2.05, 4.69) is 10.6 Å². The van der Waals surface area contributed by atoms with Crippen LogP contribution in [0.4, 0.5) is 5.69 Å². The second-order valence-corrected chi connectivity index (χ2v) is 6.89. The number of aromatic hydroxyl groups is 1. The number of anilines is 1. The van der Waals surface area contributed by atoms with Crippen molar-refractivity contribution in [1.29, 1.82) is 0 Å². The molecule has 2 amide bonds. The average Bonchev–Trinajstić information content (AvgIpc) is 2.77. The van der Waals surface area contributed by atoms with Crippen molar-refractivity contribution in [1.82, 2.24) is 5.32 Å². The molecule has 0 saturated heterocycles. The number of aryl methyl sites for hydroxylation is 1. The topological polar surface area (TPSA) is 105 Å². The summed E-state index contributed by atoms with van der Waals surface area (Å²) in [6, 6.07) is 20.0. The van der Waals surface area contributed by atoms with Gasteiger partial charge in [0.25, 0.3) is 11.8 Å². The first-order chi connectivity index (χ1) is 14.9. The van der Waals surface area contributed by atoms with Crippen molar-refractivity contribution < 1.29 is 24.2 Å². The summed E-state index contributed by atoms with van der Waals surface area (Å²) < 4.78 is 4.97. The second-order valence-electron chi connectivity index (χ2n) is 6.89. The quantitative estimate of drug-likeness (QED) is 0.510. The van der Waals surface area contributed by atoms with Gasteiger partial charge in [-0.2, -0.15) is 0 Å². The number of amides is 2. The third kappa shape index (κ3) is 6.17. The first-order valence-corrected chi connectivity index (χ1v) is 9.61. The fraction of sp³-hybridized carbons (Fsp3) is 0.125. The Balaban J connectivity index is 1.57. The van der Waals surface area contributed by atoms with Crippen molar-refractivity contribution in [3.05, 3.63) is 95.1 Å². The minimum atomic E-state index is -0.741. The van der Waals surface area contributed by atoms with Crippen molar-refractivity contribution >= 4 is 23.5 Å². The molecule has 7 nitrogen and oxygen atoms in total. The number of phenols is 1. The number of rotatable bonds is 7. The first-order valence-electron chi connectivity index (χ1n) is 9.61. The van der Waals surface area contributed by atoms with Crippen molar-refractivity contribution in [3.8, 4) is 5.75 Å². The Labute approximate surface area is 179 Å². The molecule has 0 heterocycles. The van der Waals surface area contributed by atoms with E-state index in [4.69, 9.17) is 4.74 Å². The molecule has 31 heavy (non-hydrogen) atoms. The summed E-state index contributed by atoms with van der Waals surface area (Å²) in [4.78, 5) is 36.8. The van der Waals surface area contributed by atoms with Crippen molar-refractivity contribution in [2.45, 2.75) is 13.5 Å². The molecule has 3 aromatic rings. The molecule has 0 radical (unpaired) electrons. The van der Waals surface area contributed by atoms with Crippen LogP contribution in [0.2, 0.25) is 0 Å². The minimum absolute atomic E-state index is 0.0792. The van der Waals surface area contributed by atoms with Gasteiger partial charge in [0.1, 0.15) is 5.75 Å². The molecule has 0 fully saturated rings. The maximum absolute atomic E-state index is 12.6. The highest BCUT2D eigenvalue weighted by Crippen LogP contribution is 2.16. The van der Waals surface area contributed by atoms with Gasteiger partial charge in [0.15, 0.2) is 6.61 Å². The summed E-state index contributed by atoms with van der Waals surface area (Å²) in [7, 11) is 0. The molecule has 0 aliphatic heterocycles. The number of phenolic OH excluding ortho intramolecular Hbond substituents is 1. The van der Waals surface area contributed by atoms with Gasteiger partial charge in [-0.05, 0) is 42.8 Å². The van der Waals surface area contributed by atoms with Crippen LogP contribution in [-0.2, 0) is 16.1 Å². The van der Waals surface area contributed by atoms with Crippen LogP contribution in [0.25, 0.3) is 0 Å². The number of hydrogen-bond donors (Lipinski definition) is 3. The number of ether oxygens (including phenoxy) is 1. The van der Waals surface area contributed by atoms with Crippen LogP contribution < -0.4 is 10.6 Å². The number of carbonyl (C=O) groups is 3. The summed E-state index contributed by atoms with van der Waals surface area (Å²) in [5.74, 6) is -1.75. The predicted molar refractivity (Wildman–Crippen MR) is 116 cm³/mol. The molecule has 7 heteroatoms. The van der Waals surface area contributed by atoms with E-state index in [-0.39, 0.29) is 17.2 Å². The molecule has 0 unspecified atom stereocenters. The van der Waals surface area contributed by atoms with Gasteiger partial charge in [-0.15, -0.1) is 0 Å². The predicted octanol–water partition coefficient (Wildman–Crippen LogP) is 3.43. The van der Waals surface area contributed by atoms with Crippen LogP contribution in [0.3, 0.4) is 0 Å². The lowest BCUT2D eigenvalue weighted by Gasteiger charge is -2.12. The van der Waals surface area contributed by atoms with Gasteiger partial charge in [-0.1, -0.05) is 48.0 Å². The van der Waals surface area contributed by atoms with Gasteiger partial charge >= 0.3 is 5.97 Å². The maximum Gasteiger partial charge on any atom is 0.338 e. The molecular weight excluding hydrogens is 396 g/mol. The molecule has 158 valence electrons. The van der Waals surface area contributed by atoms with Crippen LogP contribution in [0, 0.1) is 6.92 Å². The molecule has 0 atom stereocenters. The third-order valence-corrected chi connectivity index (χ3v) is 4.44. The zero-order valence-electron chi connectivity index (χ0n) is 16.9. The lowest BCUT2D eigenvalue weighted by Crippen LogP contribution is -2.26. The van der Waals surface area contributed by atoms with Gasteiger partial charge in [0, 0.05) is 6.54 Å². The molecule has 0 aliphatic rings. The number of esters is 1. The fourth-order valence-electron chi connectivity index (χ4n) is 2.81. The van der Waals surface area contributed by atoms with E-state index in [1.165, 1.54) is 24.3 Å². The number of nitrogens with one attached hydrogen (secondary N) is 2. The largest absolute Gasteiger partial charge is 0.508 e. The molecule has 0 saturated carbocycles. The van der Waals surface area contributed by atoms with E-state index >= 15 is 0 Å². The normalized spacial score (nSPS) is 10.2. The van der Waals surface area contributed by atoms with Gasteiger partial charge in [-0.3, -0.25) is 9.59 Å². The van der Waals surface area contributed by atoms with Crippen molar-refractivity contribution in [3.63, 3.8) is 0 Å². The van der Waals surface area contributed by atoms with Gasteiger partial charge in [-0.25, -0.2) is 4.79 Å². The zero-order chi connectivity index (χ0) is 22.2. The number of carbonyl (C=O) groups excluding carboxylic acids is 3. The Hall–Kier alpha value is -4.13. The maximum atomic E-state index is 12.6. The average molecular weight is 418 g/mol. The highest BCUT2D eigenvalue weighted by Gasteiger charge is 2.15. The van der Waals surface area contributed by atoms with E-state index in [1.54, 1.807) is 24.3 Å². The second kappa shape index (κ2) is 10.1. The highest BCUT2D eigenvalue weighted by molar-refractivity contribution is 6.04. The van der Waals surface area contributed by atoms with E-state index in [0.717, 1.165) is 11.1 Å². The molecule has 0 aromatic heterocycles. The minimum Gasteiger partial charge on any atom is -0.508 e. The highest BCUT2D eigenvalue weighted by atomic mass is 16.5. The van der Waals surface area contributed by atoms with Crippen molar-refractivity contribution in [2.24, 2.45) is 0 Å². The van der Waals surface area contributed by atoms with Crippen molar-refractivity contribution in [2.75, 3.05) is 11.9 Å². The first kappa shape index (κ1) is 21.6. The molecule has 0 aliphatic carbocycles. The molecule has 3 N–H and O–H groups in total. The van der Waals surface area contributed by atoms with E-state index in [0.29, 0.717) is 17.8 Å². The monoisotopic (exact) mass is 418 g/mol. The summed E-state index contributed by atoms with van der Waals surface area (Å²) in [5, 5.41) is 14.8. The van der Waals surface area contributed by atoms with E-state index in [1.807, 2.05) is 31.2 Å². The Kier molecular flexibility index (Phi) is 7.01. The Morgan fingerprint density at radius 3 is 2.42 bits per heavy atom. The zero-order valence-corrected chi connectivity index (χ0v) is 16.9. The van der Waals surface area contributed by atoms with Crippen LogP contribution in [0.5, 0.6) is 5.75 Å². The standard InChI is InChI=1S/C24H22N2O5/c1-16-9-11-17(12-10-16)14-25-23(29)20-7-2-3-8-21(20)26-22(28)15-31-24(30)18-5-4-6-19(27)13-18/h2-13,27H,14-15H2,1H3,(H,25,29)(H,26,28). The Morgan fingerprint density at radius 1 is 0.935 bits per heavy atom.